The van der Waals surface area contributed by atoms with Crippen LogP contribution >= 0.6 is 0 Å². The van der Waals surface area contributed by atoms with Gasteiger partial charge in [-0.25, -0.2) is 4.39 Å². The fourth-order valence-corrected chi connectivity index (χ4v) is 2.53. The molecule has 1 heterocycles. The van der Waals surface area contributed by atoms with E-state index in [1.165, 1.54) is 6.07 Å². The molecule has 0 aliphatic heterocycles. The van der Waals surface area contributed by atoms with E-state index in [1.807, 2.05) is 18.5 Å². The number of amides is 1. The molecule has 0 spiro atoms. The number of nitrogens with zero attached hydrogens (tertiary/aromatic N) is 2. The number of aryl methyl sites for hydroxylation is 2. The number of aromatic nitrogens is 2. The van der Waals surface area contributed by atoms with Crippen molar-refractivity contribution in [2.45, 2.75) is 40.2 Å². The van der Waals surface area contributed by atoms with E-state index in [9.17, 15) is 9.18 Å². The standard InChI is InChI=1S/C18H22FN3O/c1-5-10-22-14(4)16(13(3)21-22)8-9-18(23)20-15-7-6-12(2)17(19)11-15/h5-7,11H,1,8-10H2,2-4H3,(H,20,23). The Morgan fingerprint density at radius 1 is 1.39 bits per heavy atom. The Labute approximate surface area is 136 Å². The van der Waals surface area contributed by atoms with Crippen LogP contribution in [0.4, 0.5) is 10.1 Å². The van der Waals surface area contributed by atoms with Gasteiger partial charge in [0.25, 0.3) is 0 Å². The Hall–Kier alpha value is -2.43. The van der Waals surface area contributed by atoms with E-state index in [4.69, 9.17) is 0 Å². The van der Waals surface area contributed by atoms with Gasteiger partial charge in [-0.05, 0) is 50.5 Å². The van der Waals surface area contributed by atoms with Crippen molar-refractivity contribution in [3.05, 3.63) is 59.2 Å². The molecule has 5 heteroatoms. The van der Waals surface area contributed by atoms with Crippen LogP contribution < -0.4 is 5.32 Å². The molecule has 0 aliphatic rings. The molecule has 2 rings (SSSR count). The van der Waals surface area contributed by atoms with Gasteiger partial charge in [0.15, 0.2) is 0 Å². The van der Waals surface area contributed by atoms with Crippen LogP contribution in [-0.2, 0) is 17.8 Å². The van der Waals surface area contributed by atoms with Gasteiger partial charge in [-0.15, -0.1) is 6.58 Å². The molecule has 0 aliphatic carbocycles. The van der Waals surface area contributed by atoms with Crippen LogP contribution in [0.25, 0.3) is 0 Å². The molecule has 0 saturated carbocycles. The number of halogens is 1. The van der Waals surface area contributed by atoms with E-state index in [1.54, 1.807) is 25.1 Å². The molecular weight excluding hydrogens is 293 g/mol. The van der Waals surface area contributed by atoms with Crippen molar-refractivity contribution in [3.8, 4) is 0 Å². The Bertz CT molecular complexity index is 734. The summed E-state index contributed by atoms with van der Waals surface area (Å²) in [5.74, 6) is -0.455. The van der Waals surface area contributed by atoms with Crippen molar-refractivity contribution in [2.75, 3.05) is 5.32 Å². The lowest BCUT2D eigenvalue weighted by atomic mass is 10.1. The molecule has 2 aromatic rings. The van der Waals surface area contributed by atoms with Crippen LogP contribution in [0.5, 0.6) is 0 Å². The lowest BCUT2D eigenvalue weighted by Gasteiger charge is -2.07. The molecule has 0 saturated heterocycles. The van der Waals surface area contributed by atoms with Gasteiger partial charge in [-0.1, -0.05) is 12.1 Å². The molecule has 0 radical (unpaired) electrons. The summed E-state index contributed by atoms with van der Waals surface area (Å²) in [5, 5.41) is 7.18. The van der Waals surface area contributed by atoms with Gasteiger partial charge in [-0.2, -0.15) is 5.10 Å². The SMILES string of the molecule is C=CCn1nc(C)c(CCC(=O)Nc2ccc(C)c(F)c2)c1C. The predicted octanol–water partition coefficient (Wildman–Crippen LogP) is 3.70. The first-order valence-electron chi connectivity index (χ1n) is 7.62. The molecule has 1 N–H and O–H groups in total. The van der Waals surface area contributed by atoms with Gasteiger partial charge >= 0.3 is 0 Å². The number of anilines is 1. The van der Waals surface area contributed by atoms with Gasteiger partial charge in [0.1, 0.15) is 5.82 Å². The predicted molar refractivity (Wildman–Crippen MR) is 90.0 cm³/mol. The third-order valence-electron chi connectivity index (χ3n) is 3.89. The highest BCUT2D eigenvalue weighted by molar-refractivity contribution is 5.90. The number of allylic oxidation sites excluding steroid dienone is 1. The minimum absolute atomic E-state index is 0.136. The second-order valence-corrected chi connectivity index (χ2v) is 5.63. The third kappa shape index (κ3) is 4.06. The molecular formula is C18H22FN3O. The van der Waals surface area contributed by atoms with Crippen LogP contribution in [0.3, 0.4) is 0 Å². The van der Waals surface area contributed by atoms with Gasteiger partial charge in [0.2, 0.25) is 5.91 Å². The van der Waals surface area contributed by atoms with E-state index in [2.05, 4.69) is 17.0 Å². The zero-order chi connectivity index (χ0) is 17.0. The van der Waals surface area contributed by atoms with Crippen molar-refractivity contribution in [1.29, 1.82) is 0 Å². The molecule has 0 fully saturated rings. The summed E-state index contributed by atoms with van der Waals surface area (Å²) in [6.07, 6.45) is 2.73. The summed E-state index contributed by atoms with van der Waals surface area (Å²) in [6, 6.07) is 4.69. The van der Waals surface area contributed by atoms with E-state index in [-0.39, 0.29) is 11.7 Å². The summed E-state index contributed by atoms with van der Waals surface area (Å²) < 4.78 is 15.4. The highest BCUT2D eigenvalue weighted by atomic mass is 19.1. The number of carbonyl (C=O) groups is 1. The summed E-state index contributed by atoms with van der Waals surface area (Å²) >= 11 is 0. The van der Waals surface area contributed by atoms with Crippen LogP contribution in [0.15, 0.2) is 30.9 Å². The maximum atomic E-state index is 13.5. The van der Waals surface area contributed by atoms with Crippen LogP contribution in [-0.4, -0.2) is 15.7 Å². The summed E-state index contributed by atoms with van der Waals surface area (Å²) in [5.41, 5.74) is 4.10. The second kappa shape index (κ2) is 7.22. The van der Waals surface area contributed by atoms with Crippen LogP contribution in [0, 0.1) is 26.6 Å². The first-order chi connectivity index (χ1) is 10.9. The number of nitrogens with one attached hydrogen (secondary N) is 1. The average Bonchev–Trinajstić information content (AvgIpc) is 2.76. The lowest BCUT2D eigenvalue weighted by molar-refractivity contribution is -0.116. The van der Waals surface area contributed by atoms with Gasteiger partial charge < -0.3 is 5.32 Å². The summed E-state index contributed by atoms with van der Waals surface area (Å²) in [7, 11) is 0. The first kappa shape index (κ1) is 16.9. The molecule has 0 bridgehead atoms. The minimum atomic E-state index is -0.319. The Morgan fingerprint density at radius 3 is 2.78 bits per heavy atom. The number of hydrogen-bond donors (Lipinski definition) is 1. The number of rotatable bonds is 6. The van der Waals surface area contributed by atoms with E-state index in [0.717, 1.165) is 17.0 Å². The molecule has 1 aromatic carbocycles. The quantitative estimate of drug-likeness (QED) is 0.826. The van der Waals surface area contributed by atoms with Crippen molar-refractivity contribution in [1.82, 2.24) is 9.78 Å². The lowest BCUT2D eigenvalue weighted by Crippen LogP contribution is -2.13. The largest absolute Gasteiger partial charge is 0.326 e. The van der Waals surface area contributed by atoms with Crippen molar-refractivity contribution < 1.29 is 9.18 Å². The number of hydrogen-bond acceptors (Lipinski definition) is 2. The minimum Gasteiger partial charge on any atom is -0.326 e. The number of carbonyl (C=O) groups excluding carboxylic acids is 1. The topological polar surface area (TPSA) is 46.9 Å². The zero-order valence-corrected chi connectivity index (χ0v) is 13.8. The molecule has 4 nitrogen and oxygen atoms in total. The third-order valence-corrected chi connectivity index (χ3v) is 3.89. The second-order valence-electron chi connectivity index (χ2n) is 5.63. The van der Waals surface area contributed by atoms with Crippen LogP contribution in [0.2, 0.25) is 0 Å². The maximum Gasteiger partial charge on any atom is 0.224 e. The van der Waals surface area contributed by atoms with Crippen molar-refractivity contribution in [2.24, 2.45) is 0 Å². The molecule has 1 amide bonds. The van der Waals surface area contributed by atoms with Gasteiger partial charge in [0.05, 0.1) is 12.2 Å². The fraction of sp³-hybridized carbons (Fsp3) is 0.333. The fourth-order valence-electron chi connectivity index (χ4n) is 2.53. The van der Waals surface area contributed by atoms with Crippen molar-refractivity contribution in [3.63, 3.8) is 0 Å². The zero-order valence-electron chi connectivity index (χ0n) is 13.8. The maximum absolute atomic E-state index is 13.5. The smallest absolute Gasteiger partial charge is 0.224 e. The van der Waals surface area contributed by atoms with E-state index < -0.39 is 0 Å². The Morgan fingerprint density at radius 2 is 2.13 bits per heavy atom. The van der Waals surface area contributed by atoms with Gasteiger partial charge in [0, 0.05) is 17.8 Å². The average molecular weight is 315 g/mol. The summed E-state index contributed by atoms with van der Waals surface area (Å²) in [6.45, 7) is 9.99. The summed E-state index contributed by atoms with van der Waals surface area (Å²) in [4.78, 5) is 12.1. The highest BCUT2D eigenvalue weighted by Gasteiger charge is 2.13. The monoisotopic (exact) mass is 315 g/mol. The molecule has 1 aromatic heterocycles. The Balaban J connectivity index is 1.99. The highest BCUT2D eigenvalue weighted by Crippen LogP contribution is 2.17. The van der Waals surface area contributed by atoms with E-state index >= 15 is 0 Å². The first-order valence-corrected chi connectivity index (χ1v) is 7.62. The molecule has 23 heavy (non-hydrogen) atoms. The molecule has 122 valence electrons. The normalized spacial score (nSPS) is 10.6. The molecule has 0 unspecified atom stereocenters. The van der Waals surface area contributed by atoms with Crippen molar-refractivity contribution >= 4 is 11.6 Å². The van der Waals surface area contributed by atoms with Crippen LogP contribution in [0.1, 0.15) is 28.9 Å². The Kier molecular flexibility index (Phi) is 5.32. The number of benzene rings is 1. The van der Waals surface area contributed by atoms with Gasteiger partial charge in [-0.3, -0.25) is 9.48 Å². The van der Waals surface area contributed by atoms with E-state index in [0.29, 0.717) is 30.6 Å². The molecule has 0 atom stereocenters.